The van der Waals surface area contributed by atoms with Gasteiger partial charge in [-0.3, -0.25) is 9.67 Å². The molecule has 0 aliphatic heterocycles. The summed E-state index contributed by atoms with van der Waals surface area (Å²) in [5, 5.41) is 17.1. The third-order valence-corrected chi connectivity index (χ3v) is 6.55. The summed E-state index contributed by atoms with van der Waals surface area (Å²) >= 11 is 0. The molecule has 1 N–H and O–H groups in total. The molecule has 2 atom stereocenters. The van der Waals surface area contributed by atoms with Crippen LogP contribution in [0.5, 0.6) is 0 Å². The van der Waals surface area contributed by atoms with Crippen LogP contribution in [0.15, 0.2) is 72.9 Å². The normalized spacial score (nSPS) is 21.7. The fraction of sp³-hybridized carbons (Fsp3) is 0.308. The van der Waals surface area contributed by atoms with E-state index in [4.69, 9.17) is 5.10 Å². The Morgan fingerprint density at radius 2 is 1.81 bits per heavy atom. The number of halogens is 2. The van der Waals surface area contributed by atoms with Crippen molar-refractivity contribution in [1.82, 2.24) is 14.8 Å². The summed E-state index contributed by atoms with van der Waals surface area (Å²) < 4.78 is 32.8. The molecule has 0 saturated heterocycles. The Balaban J connectivity index is 1.56. The molecule has 5 rings (SSSR count). The molecule has 0 radical (unpaired) electrons. The summed E-state index contributed by atoms with van der Waals surface area (Å²) in [5.41, 5.74) is 1.23. The van der Waals surface area contributed by atoms with Gasteiger partial charge in [0.2, 0.25) is 0 Å². The summed E-state index contributed by atoms with van der Waals surface area (Å²) in [6.45, 7) is 1.93. The first kappa shape index (κ1) is 20.8. The van der Waals surface area contributed by atoms with E-state index in [1.54, 1.807) is 24.4 Å². The molecule has 2 unspecified atom stereocenters. The molecular formula is C26H25F2N3O. The number of pyridine rings is 1. The highest BCUT2D eigenvalue weighted by Crippen LogP contribution is 2.50. The van der Waals surface area contributed by atoms with Crippen LogP contribution in [-0.4, -0.2) is 25.5 Å². The van der Waals surface area contributed by atoms with Crippen molar-refractivity contribution in [2.24, 2.45) is 0 Å². The first-order chi connectivity index (χ1) is 15.4. The fourth-order valence-corrected chi connectivity index (χ4v) is 4.91. The maximum atomic E-state index is 15.5. The number of aromatic nitrogens is 3. The van der Waals surface area contributed by atoms with E-state index >= 15 is 8.78 Å². The second kappa shape index (κ2) is 7.78. The number of rotatable bonds is 4. The van der Waals surface area contributed by atoms with Crippen LogP contribution in [-0.2, 0) is 5.92 Å². The maximum Gasteiger partial charge on any atom is 0.301 e. The summed E-state index contributed by atoms with van der Waals surface area (Å²) in [4.78, 5) is 4.27. The molecule has 1 saturated carbocycles. The molecule has 1 aliphatic rings. The van der Waals surface area contributed by atoms with Gasteiger partial charge in [-0.15, -0.1) is 0 Å². The number of hydrogen-bond acceptors (Lipinski definition) is 3. The molecular weight excluding hydrogens is 408 g/mol. The van der Waals surface area contributed by atoms with E-state index in [-0.39, 0.29) is 24.4 Å². The highest BCUT2D eigenvalue weighted by molar-refractivity contribution is 5.93. The van der Waals surface area contributed by atoms with Crippen LogP contribution in [0.4, 0.5) is 8.78 Å². The van der Waals surface area contributed by atoms with Crippen molar-refractivity contribution in [3.8, 4) is 11.3 Å². The van der Waals surface area contributed by atoms with Gasteiger partial charge in [-0.25, -0.2) is 0 Å². The SMILES string of the molecule is Cc1cc(-c2nn(C3CCCC(O)(C(F)(F)c4ccccc4)C3)c3ccccc23)ccn1. The largest absolute Gasteiger partial charge is 0.383 e. The van der Waals surface area contributed by atoms with E-state index in [1.807, 2.05) is 48.0 Å². The average Bonchev–Trinajstić information content (AvgIpc) is 3.19. The Hall–Kier alpha value is -3.12. The molecule has 0 bridgehead atoms. The van der Waals surface area contributed by atoms with Gasteiger partial charge in [-0.05, 0) is 44.4 Å². The second-order valence-corrected chi connectivity index (χ2v) is 8.72. The zero-order valence-electron chi connectivity index (χ0n) is 17.9. The maximum absolute atomic E-state index is 15.5. The quantitative estimate of drug-likeness (QED) is 0.427. The molecule has 4 aromatic rings. The van der Waals surface area contributed by atoms with Gasteiger partial charge in [-0.2, -0.15) is 13.9 Å². The first-order valence-electron chi connectivity index (χ1n) is 10.9. The molecule has 1 fully saturated rings. The highest BCUT2D eigenvalue weighted by Gasteiger charge is 2.55. The smallest absolute Gasteiger partial charge is 0.301 e. The number of hydrogen-bond donors (Lipinski definition) is 1. The summed E-state index contributed by atoms with van der Waals surface area (Å²) in [6.07, 6.45) is 2.93. The third-order valence-electron chi connectivity index (χ3n) is 6.55. The minimum Gasteiger partial charge on any atom is -0.383 e. The minimum atomic E-state index is -3.35. The number of para-hydroxylation sites is 1. The van der Waals surface area contributed by atoms with Crippen molar-refractivity contribution in [2.75, 3.05) is 0 Å². The lowest BCUT2D eigenvalue weighted by Crippen LogP contribution is -2.49. The van der Waals surface area contributed by atoms with Gasteiger partial charge < -0.3 is 5.11 Å². The number of aliphatic hydroxyl groups is 1. The van der Waals surface area contributed by atoms with Crippen molar-refractivity contribution in [3.05, 3.63) is 84.2 Å². The van der Waals surface area contributed by atoms with E-state index in [2.05, 4.69) is 4.98 Å². The van der Waals surface area contributed by atoms with Gasteiger partial charge in [0.05, 0.1) is 11.6 Å². The van der Waals surface area contributed by atoms with Gasteiger partial charge >= 0.3 is 5.92 Å². The first-order valence-corrected chi connectivity index (χ1v) is 10.9. The van der Waals surface area contributed by atoms with Gasteiger partial charge in [0.25, 0.3) is 0 Å². The molecule has 0 spiro atoms. The number of alkyl halides is 2. The van der Waals surface area contributed by atoms with E-state index < -0.39 is 11.5 Å². The van der Waals surface area contributed by atoms with E-state index in [0.717, 1.165) is 27.9 Å². The third kappa shape index (κ3) is 3.39. The van der Waals surface area contributed by atoms with E-state index in [0.29, 0.717) is 12.8 Å². The van der Waals surface area contributed by atoms with Gasteiger partial charge in [0.1, 0.15) is 11.3 Å². The number of fused-ring (bicyclic) bond motifs is 1. The topological polar surface area (TPSA) is 50.9 Å². The van der Waals surface area contributed by atoms with Gasteiger partial charge in [-0.1, -0.05) is 48.5 Å². The zero-order chi connectivity index (χ0) is 22.3. The standard InChI is InChI=1S/C26H25F2N3O/c1-18-16-19(13-15-29-18)24-22-11-5-6-12-23(22)31(30-24)21-10-7-14-25(32,17-21)26(27,28)20-8-3-2-4-9-20/h2-6,8-9,11-13,15-16,21,32H,7,10,14,17H2,1H3. The lowest BCUT2D eigenvalue weighted by atomic mass is 9.75. The van der Waals surface area contributed by atoms with Crippen LogP contribution in [0.3, 0.4) is 0 Å². The molecule has 32 heavy (non-hydrogen) atoms. The summed E-state index contributed by atoms with van der Waals surface area (Å²) in [5.74, 6) is -3.35. The Labute approximate surface area is 185 Å². The average molecular weight is 434 g/mol. The fourth-order valence-electron chi connectivity index (χ4n) is 4.91. The number of aryl methyl sites for hydroxylation is 1. The Morgan fingerprint density at radius 3 is 2.59 bits per heavy atom. The van der Waals surface area contributed by atoms with Crippen LogP contribution >= 0.6 is 0 Å². The Morgan fingerprint density at radius 1 is 1.06 bits per heavy atom. The zero-order valence-corrected chi connectivity index (χ0v) is 17.9. The molecule has 2 aromatic heterocycles. The van der Waals surface area contributed by atoms with Crippen LogP contribution in [0.25, 0.3) is 22.2 Å². The van der Waals surface area contributed by atoms with Gasteiger partial charge in [0, 0.05) is 34.8 Å². The van der Waals surface area contributed by atoms with Crippen molar-refractivity contribution >= 4 is 10.9 Å². The monoisotopic (exact) mass is 433 g/mol. The van der Waals surface area contributed by atoms with Crippen LogP contribution in [0.1, 0.15) is 43.0 Å². The highest BCUT2D eigenvalue weighted by atomic mass is 19.3. The van der Waals surface area contributed by atoms with E-state index in [9.17, 15) is 5.11 Å². The van der Waals surface area contributed by atoms with E-state index in [1.165, 1.54) is 12.1 Å². The van der Waals surface area contributed by atoms with Crippen molar-refractivity contribution in [2.45, 2.75) is 50.2 Å². The second-order valence-electron chi connectivity index (χ2n) is 8.72. The number of benzene rings is 2. The van der Waals surface area contributed by atoms with Crippen LogP contribution in [0, 0.1) is 6.92 Å². The predicted molar refractivity (Wildman–Crippen MR) is 120 cm³/mol. The lowest BCUT2D eigenvalue weighted by Gasteiger charge is -2.42. The van der Waals surface area contributed by atoms with Gasteiger partial charge in [0.15, 0.2) is 0 Å². The molecule has 1 aliphatic carbocycles. The molecule has 0 amide bonds. The molecule has 2 aromatic carbocycles. The molecule has 4 nitrogen and oxygen atoms in total. The molecule has 164 valence electrons. The predicted octanol–water partition coefficient (Wildman–Crippen LogP) is 6.04. The van der Waals surface area contributed by atoms with Crippen molar-refractivity contribution in [1.29, 1.82) is 0 Å². The van der Waals surface area contributed by atoms with Crippen molar-refractivity contribution < 1.29 is 13.9 Å². The number of nitrogens with zero attached hydrogens (tertiary/aromatic N) is 3. The Bertz CT molecular complexity index is 1250. The van der Waals surface area contributed by atoms with Crippen LogP contribution in [0.2, 0.25) is 0 Å². The van der Waals surface area contributed by atoms with Crippen LogP contribution < -0.4 is 0 Å². The van der Waals surface area contributed by atoms with Crippen molar-refractivity contribution in [3.63, 3.8) is 0 Å². The lowest BCUT2D eigenvalue weighted by molar-refractivity contribution is -0.208. The molecule has 6 heteroatoms. The Kier molecular flexibility index (Phi) is 5.05. The minimum absolute atomic E-state index is 0.0565. The summed E-state index contributed by atoms with van der Waals surface area (Å²) in [6, 6.07) is 19.0. The summed E-state index contributed by atoms with van der Waals surface area (Å²) in [7, 11) is 0. The molecule has 2 heterocycles.